The third kappa shape index (κ3) is 8.67. The molecule has 6 rings (SSSR count). The summed E-state index contributed by atoms with van der Waals surface area (Å²) >= 11 is 0. The Morgan fingerprint density at radius 2 is 1.26 bits per heavy atom. The van der Waals surface area contributed by atoms with Crippen molar-refractivity contribution in [2.75, 3.05) is 0 Å². The van der Waals surface area contributed by atoms with Crippen LogP contribution in [0.15, 0.2) is 60.7 Å². The number of rotatable bonds is 7. The van der Waals surface area contributed by atoms with Crippen LogP contribution in [0, 0.1) is 56.5 Å². The van der Waals surface area contributed by atoms with E-state index in [9.17, 15) is 0 Å². The SMILES string of the molecule is C[C@@H](C1[CH][CH][C][C]1P(c1ccccc1)c1ccccc1)P(C1CCCCC1)C1CCCCC1.[C]1[CH][CH]C[CH]1.[Fe]. The van der Waals surface area contributed by atoms with Crippen LogP contribution < -0.4 is 10.6 Å². The van der Waals surface area contributed by atoms with Crippen molar-refractivity contribution < 1.29 is 17.1 Å². The molecule has 0 aromatic heterocycles. The molecule has 0 amide bonds. The predicted molar refractivity (Wildman–Crippen MR) is 169 cm³/mol. The fourth-order valence-electron chi connectivity index (χ4n) is 6.86. The minimum absolute atomic E-state index is 0. The third-order valence-corrected chi connectivity index (χ3v) is 15.2. The molecule has 0 saturated heterocycles. The molecule has 206 valence electrons. The largest absolute Gasteiger partial charge is 0.0971 e. The van der Waals surface area contributed by atoms with Crippen molar-refractivity contribution in [3.63, 3.8) is 0 Å². The van der Waals surface area contributed by atoms with Gasteiger partial charge in [-0.1, -0.05) is 114 Å². The Kier molecular flexibility index (Phi) is 13.9. The fourth-order valence-corrected chi connectivity index (χ4v) is 14.0. The molecule has 3 heteroatoms. The zero-order valence-corrected chi connectivity index (χ0v) is 26.4. The topological polar surface area (TPSA) is 0 Å². The molecule has 4 fully saturated rings. The van der Waals surface area contributed by atoms with Crippen LogP contribution >= 0.6 is 15.8 Å². The average molecular weight is 595 g/mol. The van der Waals surface area contributed by atoms with Gasteiger partial charge in [-0.3, -0.25) is 0 Å². The predicted octanol–water partition coefficient (Wildman–Crippen LogP) is 9.39. The van der Waals surface area contributed by atoms with Crippen LogP contribution in [0.3, 0.4) is 0 Å². The van der Waals surface area contributed by atoms with Crippen LogP contribution in [-0.2, 0) is 17.1 Å². The molecule has 2 atom stereocenters. The van der Waals surface area contributed by atoms with Gasteiger partial charge >= 0.3 is 0 Å². The first-order valence-corrected chi connectivity index (χ1v) is 17.9. The number of benzene rings is 2. The van der Waals surface area contributed by atoms with Crippen LogP contribution in [0.4, 0.5) is 0 Å². The van der Waals surface area contributed by atoms with Gasteiger partial charge in [-0.25, -0.2) is 0 Å². The van der Waals surface area contributed by atoms with E-state index in [-0.39, 0.29) is 25.0 Å². The maximum absolute atomic E-state index is 3.82. The van der Waals surface area contributed by atoms with Crippen molar-refractivity contribution >= 4 is 26.5 Å². The molecule has 2 aromatic carbocycles. The van der Waals surface area contributed by atoms with Gasteiger partial charge in [0.25, 0.3) is 0 Å². The summed E-state index contributed by atoms with van der Waals surface area (Å²) in [6, 6.07) is 22.5. The molecule has 10 radical (unpaired) electrons. The molecule has 4 aliphatic rings. The Labute approximate surface area is 254 Å². The smallest absolute Gasteiger partial charge is 0.0204 e. The standard InChI is InChI=1S/C31H39P2.C5H5.Fe/c1-25(32(26-15-6-2-7-16-26)27-17-8-3-9-18-27)30-23-14-24-31(30)33(28-19-10-4-11-20-28)29-21-12-5-13-22-29;1-2-4-5-3-1;/h4-5,10-14,19-23,25-27,30H,2-3,6-9,15-18H2,1H3;1-2,5H,3H2;/t25-,30?;;/m0../s1. The number of hydrogen-bond acceptors (Lipinski definition) is 0. The second kappa shape index (κ2) is 17.1. The van der Waals surface area contributed by atoms with E-state index < -0.39 is 7.92 Å². The first-order valence-electron chi connectivity index (χ1n) is 15.0. The molecule has 0 spiro atoms. The Hall–Kier alpha value is -0.181. The monoisotopic (exact) mass is 594 g/mol. The summed E-state index contributed by atoms with van der Waals surface area (Å²) in [5.41, 5.74) is 4.35. The van der Waals surface area contributed by atoms with Crippen molar-refractivity contribution in [3.8, 4) is 0 Å². The van der Waals surface area contributed by atoms with Crippen LogP contribution in [0.1, 0.15) is 77.6 Å². The summed E-state index contributed by atoms with van der Waals surface area (Å²) in [6.45, 7) is 2.64. The molecule has 4 aliphatic carbocycles. The molecule has 0 aliphatic heterocycles. The molecule has 1 unspecified atom stereocenters. The van der Waals surface area contributed by atoms with E-state index in [1.165, 1.54) is 74.8 Å². The van der Waals surface area contributed by atoms with Crippen LogP contribution in [-0.4, -0.2) is 17.0 Å². The minimum Gasteiger partial charge on any atom is -0.0971 e. The molecule has 39 heavy (non-hydrogen) atoms. The fraction of sp³-hybridized carbons (Fsp3) is 0.444. The maximum Gasteiger partial charge on any atom is 0.0204 e. The maximum atomic E-state index is 3.82. The summed E-state index contributed by atoms with van der Waals surface area (Å²) < 4.78 is 0. The molecule has 0 nitrogen and oxygen atoms in total. The third-order valence-electron chi connectivity index (χ3n) is 8.69. The Morgan fingerprint density at radius 3 is 1.69 bits per heavy atom. The molecule has 0 heterocycles. The normalized spacial score (nSPS) is 23.8. The van der Waals surface area contributed by atoms with Crippen molar-refractivity contribution in [2.24, 2.45) is 5.92 Å². The molecule has 2 aromatic rings. The first kappa shape index (κ1) is 31.7. The molecular formula is C36H44FeP2. The van der Waals surface area contributed by atoms with Gasteiger partial charge in [-0.2, -0.15) is 0 Å². The zero-order valence-electron chi connectivity index (χ0n) is 23.5. The summed E-state index contributed by atoms with van der Waals surface area (Å²) in [5.74, 6) is 0.562. The van der Waals surface area contributed by atoms with E-state index in [0.717, 1.165) is 23.4 Å². The van der Waals surface area contributed by atoms with Gasteiger partial charge in [0.1, 0.15) is 0 Å². The molecule has 4 saturated carbocycles. The van der Waals surface area contributed by atoms with E-state index in [1.807, 2.05) is 12.8 Å². The second-order valence-electron chi connectivity index (χ2n) is 11.2. The van der Waals surface area contributed by atoms with E-state index in [4.69, 9.17) is 0 Å². The van der Waals surface area contributed by atoms with Crippen LogP contribution in [0.25, 0.3) is 0 Å². The van der Waals surface area contributed by atoms with E-state index >= 15 is 0 Å². The first-order chi connectivity index (χ1) is 18.8. The summed E-state index contributed by atoms with van der Waals surface area (Å²) in [6.07, 6.45) is 33.4. The second-order valence-corrected chi connectivity index (χ2v) is 16.6. The van der Waals surface area contributed by atoms with Crippen LogP contribution in [0.5, 0.6) is 0 Å². The van der Waals surface area contributed by atoms with Gasteiger partial charge in [0, 0.05) is 29.1 Å². The zero-order chi connectivity index (χ0) is 26.0. The quantitative estimate of drug-likeness (QED) is 0.221. The summed E-state index contributed by atoms with van der Waals surface area (Å²) in [4.78, 5) is 0. The van der Waals surface area contributed by atoms with E-state index in [0.29, 0.717) is 5.92 Å². The van der Waals surface area contributed by atoms with Crippen molar-refractivity contribution in [1.82, 2.24) is 0 Å². The average Bonchev–Trinajstić information content (AvgIpc) is 3.72. The van der Waals surface area contributed by atoms with Crippen molar-refractivity contribution in [3.05, 3.63) is 111 Å². The summed E-state index contributed by atoms with van der Waals surface area (Å²) in [7, 11) is -0.490. The Morgan fingerprint density at radius 1 is 0.718 bits per heavy atom. The van der Waals surface area contributed by atoms with E-state index in [2.05, 4.69) is 99.7 Å². The molecule has 0 N–H and O–H groups in total. The number of hydrogen-bond donors (Lipinski definition) is 0. The van der Waals surface area contributed by atoms with Crippen LogP contribution in [0.2, 0.25) is 0 Å². The minimum atomic E-state index is -0.530. The summed E-state index contributed by atoms with van der Waals surface area (Å²) in [5, 5.41) is 2.95. The molecule has 0 bridgehead atoms. The van der Waals surface area contributed by atoms with Gasteiger partial charge in [0.05, 0.1) is 0 Å². The molecular weight excluding hydrogens is 550 g/mol. The van der Waals surface area contributed by atoms with Gasteiger partial charge in [0.2, 0.25) is 0 Å². The van der Waals surface area contributed by atoms with Gasteiger partial charge in [-0.05, 0) is 112 Å². The van der Waals surface area contributed by atoms with E-state index in [1.54, 1.807) is 5.66 Å². The van der Waals surface area contributed by atoms with Gasteiger partial charge in [0.15, 0.2) is 0 Å². The van der Waals surface area contributed by atoms with Crippen molar-refractivity contribution in [1.29, 1.82) is 0 Å². The Bertz CT molecular complexity index is 837. The van der Waals surface area contributed by atoms with Crippen molar-refractivity contribution in [2.45, 2.75) is 94.5 Å². The Balaban J connectivity index is 0.000000530. The van der Waals surface area contributed by atoms with Gasteiger partial charge < -0.3 is 0 Å². The van der Waals surface area contributed by atoms with Gasteiger partial charge in [-0.15, -0.1) is 0 Å².